The molecule has 4 aliphatic rings. The Bertz CT molecular complexity index is 3130. The average Bonchev–Trinajstić information content (AvgIpc) is 3.97. The number of hydrogen-bond acceptors (Lipinski definition) is 4. The predicted octanol–water partition coefficient (Wildman–Crippen LogP) is 15.1. The van der Waals surface area contributed by atoms with Gasteiger partial charge in [0.2, 0.25) is 0 Å². The molecule has 0 saturated carbocycles. The molecule has 12 rings (SSSR count). The number of aromatic hydroxyl groups is 1. The van der Waals surface area contributed by atoms with Gasteiger partial charge in [0.05, 0.1) is 11.7 Å². The quantitative estimate of drug-likeness (QED) is 0.193. The van der Waals surface area contributed by atoms with E-state index in [1.807, 2.05) is 38.1 Å². The summed E-state index contributed by atoms with van der Waals surface area (Å²) in [5, 5.41) is 15.1. The van der Waals surface area contributed by atoms with E-state index in [4.69, 9.17) is 4.42 Å². The lowest BCUT2D eigenvalue weighted by Crippen LogP contribution is -2.28. The Hall–Kier alpha value is -7.50. The van der Waals surface area contributed by atoms with Crippen LogP contribution >= 0.6 is 0 Å². The number of fused-ring (bicyclic) bond motifs is 11. The first-order valence-corrected chi connectivity index (χ1v) is 21.7. The highest BCUT2D eigenvalue weighted by Crippen LogP contribution is 2.49. The van der Waals surface area contributed by atoms with Gasteiger partial charge in [0, 0.05) is 80.1 Å². The summed E-state index contributed by atoms with van der Waals surface area (Å²) in [6.07, 6.45) is 23.3. The van der Waals surface area contributed by atoms with Gasteiger partial charge in [-0.05, 0) is 102 Å². The summed E-state index contributed by atoms with van der Waals surface area (Å²) in [6, 6.07) is 44.6. The van der Waals surface area contributed by atoms with Crippen LogP contribution in [-0.4, -0.2) is 15.7 Å². The van der Waals surface area contributed by atoms with E-state index in [2.05, 4.69) is 186 Å². The van der Waals surface area contributed by atoms with Gasteiger partial charge in [-0.3, -0.25) is 0 Å². The van der Waals surface area contributed by atoms with E-state index in [1.54, 1.807) is 6.07 Å². The molecule has 0 saturated heterocycles. The number of para-hydroxylation sites is 3. The molecule has 1 N–H and O–H groups in total. The number of phenolic OH excluding ortho intramolecular Hbond substituents is 1. The van der Waals surface area contributed by atoms with Crippen LogP contribution in [0.2, 0.25) is 0 Å². The number of nitrogens with zero attached hydrogens (tertiary/aromatic N) is 3. The topological polar surface area (TPSA) is 44.8 Å². The minimum absolute atomic E-state index is 0.209. The molecule has 2 aromatic heterocycles. The van der Waals surface area contributed by atoms with Gasteiger partial charge in [0.1, 0.15) is 17.1 Å². The zero-order valence-electron chi connectivity index (χ0n) is 35.4. The summed E-state index contributed by atoms with van der Waals surface area (Å²) in [6.45, 7) is 8.43. The average molecular weight is 808 g/mol. The minimum atomic E-state index is 0.209. The predicted molar refractivity (Wildman–Crippen MR) is 262 cm³/mol. The van der Waals surface area contributed by atoms with Crippen molar-refractivity contribution < 1.29 is 9.52 Å². The molecule has 5 heteroatoms. The third-order valence-corrected chi connectivity index (χ3v) is 12.5. The first-order chi connectivity index (χ1) is 30.5. The molecule has 0 spiro atoms. The van der Waals surface area contributed by atoms with Crippen molar-refractivity contribution >= 4 is 67.2 Å². The van der Waals surface area contributed by atoms with Crippen LogP contribution in [0.15, 0.2) is 193 Å². The Balaban J connectivity index is 0.000000240. The first-order valence-electron chi connectivity index (χ1n) is 21.7. The number of furan rings is 1. The van der Waals surface area contributed by atoms with E-state index in [-0.39, 0.29) is 11.8 Å². The van der Waals surface area contributed by atoms with E-state index in [0.717, 1.165) is 68.9 Å². The molecule has 0 radical (unpaired) electrons. The minimum Gasteiger partial charge on any atom is -0.507 e. The van der Waals surface area contributed by atoms with Crippen molar-refractivity contribution in [3.63, 3.8) is 0 Å². The number of phenols is 1. The van der Waals surface area contributed by atoms with Crippen LogP contribution in [0.5, 0.6) is 5.75 Å². The first kappa shape index (κ1) is 38.7. The smallest absolute Gasteiger partial charge is 0.144 e. The number of rotatable bonds is 3. The van der Waals surface area contributed by atoms with Crippen LogP contribution in [-0.2, 0) is 13.5 Å². The summed E-state index contributed by atoms with van der Waals surface area (Å²) in [5.41, 5.74) is 13.9. The Morgan fingerprint density at radius 2 is 1.44 bits per heavy atom. The molecule has 6 aromatic carbocycles. The third kappa shape index (κ3) is 6.49. The molecule has 62 heavy (non-hydrogen) atoms. The van der Waals surface area contributed by atoms with Gasteiger partial charge in [-0.2, -0.15) is 0 Å². The van der Waals surface area contributed by atoms with E-state index in [9.17, 15) is 5.11 Å². The normalized spacial score (nSPS) is 17.9. The van der Waals surface area contributed by atoms with Crippen LogP contribution in [0.3, 0.4) is 0 Å². The second kappa shape index (κ2) is 16.2. The highest BCUT2D eigenvalue weighted by molar-refractivity contribution is 6.08. The maximum absolute atomic E-state index is 11.2. The van der Waals surface area contributed by atoms with Crippen LogP contribution in [0.25, 0.3) is 55.6 Å². The van der Waals surface area contributed by atoms with Crippen molar-refractivity contribution in [2.24, 2.45) is 7.05 Å². The highest BCUT2D eigenvalue weighted by Gasteiger charge is 2.37. The second-order valence-corrected chi connectivity index (χ2v) is 15.9. The molecule has 4 heterocycles. The Morgan fingerprint density at radius 1 is 0.677 bits per heavy atom. The van der Waals surface area contributed by atoms with Gasteiger partial charge in [0.25, 0.3) is 0 Å². The molecule has 2 aliphatic carbocycles. The fourth-order valence-corrected chi connectivity index (χ4v) is 9.67. The van der Waals surface area contributed by atoms with Gasteiger partial charge in [-0.15, -0.1) is 0 Å². The van der Waals surface area contributed by atoms with Gasteiger partial charge in [-0.25, -0.2) is 0 Å². The number of anilines is 4. The van der Waals surface area contributed by atoms with Gasteiger partial charge >= 0.3 is 0 Å². The lowest BCUT2D eigenvalue weighted by molar-refractivity contribution is 0.477. The van der Waals surface area contributed by atoms with E-state index >= 15 is 0 Å². The van der Waals surface area contributed by atoms with Gasteiger partial charge in [0.15, 0.2) is 0 Å². The molecular formula is C57H49N3O2. The van der Waals surface area contributed by atoms with E-state index in [0.29, 0.717) is 5.92 Å². The van der Waals surface area contributed by atoms with E-state index < -0.39 is 0 Å². The van der Waals surface area contributed by atoms with Gasteiger partial charge < -0.3 is 23.9 Å². The molecule has 2 aliphatic heterocycles. The summed E-state index contributed by atoms with van der Waals surface area (Å²) in [4.78, 5) is 4.58. The van der Waals surface area contributed by atoms with Crippen molar-refractivity contribution in [3.05, 3.63) is 211 Å². The molecule has 8 aromatic rings. The van der Waals surface area contributed by atoms with Crippen molar-refractivity contribution in [2.45, 2.75) is 38.6 Å². The summed E-state index contributed by atoms with van der Waals surface area (Å²) >= 11 is 0. The second-order valence-electron chi connectivity index (χ2n) is 15.9. The molecule has 0 fully saturated rings. The molecule has 0 amide bonds. The maximum atomic E-state index is 11.2. The number of aryl methyl sites for hydroxylation is 2. The number of aromatic nitrogens is 1. The lowest BCUT2D eigenvalue weighted by Gasteiger charge is -2.29. The Kier molecular flexibility index (Phi) is 10.1. The lowest BCUT2D eigenvalue weighted by atomic mass is 9.91. The Labute approximate surface area is 363 Å². The molecule has 5 nitrogen and oxygen atoms in total. The maximum Gasteiger partial charge on any atom is 0.144 e. The molecule has 2 atom stereocenters. The number of benzene rings is 6. The van der Waals surface area contributed by atoms with Crippen LogP contribution in [0, 0.1) is 0 Å². The Morgan fingerprint density at radius 3 is 2.26 bits per heavy atom. The van der Waals surface area contributed by atoms with Crippen molar-refractivity contribution in [2.75, 3.05) is 9.80 Å². The SMILES string of the molecule is C=C1/C=C\C=C/N(c2ccc(O)c(-c3cccc(N4c5ccccc5C5C=CC=CC54)c3)c2)c2ccc3c4c(oc3c21)C=CCC4.CC.Cn1c2ccccc2c2ccccc21. The monoisotopic (exact) mass is 807 g/mol. The van der Waals surface area contributed by atoms with Crippen LogP contribution in [0.1, 0.15) is 48.6 Å². The standard InChI is InChI=1S/C42H32N2O2.C13H11N.C2H6/c1-27-11-8-9-24-43(38-22-21-34-33-16-4-7-19-40(33)46-42(34)41(27)38)29-20-23-39(45)35(26-29)28-12-10-13-30(25-28)44-36-17-5-2-14-31(36)32-15-3-6-18-37(32)44;1-14-12-8-4-2-6-10(12)11-7-3-5-9-13(11)14;1-2/h2-3,5-15,17-26,31,36,45H,1,4,16H2;2-9H,1H3;1-2H3/b11-8-,24-9-;;. The highest BCUT2D eigenvalue weighted by atomic mass is 16.3. The van der Waals surface area contributed by atoms with Crippen molar-refractivity contribution in [1.29, 1.82) is 0 Å². The largest absolute Gasteiger partial charge is 0.507 e. The van der Waals surface area contributed by atoms with Gasteiger partial charge in [-0.1, -0.05) is 130 Å². The summed E-state index contributed by atoms with van der Waals surface area (Å²) < 4.78 is 8.73. The van der Waals surface area contributed by atoms with Crippen LogP contribution < -0.4 is 9.80 Å². The third-order valence-electron chi connectivity index (χ3n) is 12.5. The fourth-order valence-electron chi connectivity index (χ4n) is 9.67. The van der Waals surface area contributed by atoms with Crippen LogP contribution in [0.4, 0.5) is 22.7 Å². The molecule has 2 unspecified atom stereocenters. The fraction of sp³-hybridized carbons (Fsp3) is 0.123. The zero-order valence-corrected chi connectivity index (χ0v) is 35.4. The van der Waals surface area contributed by atoms with Crippen molar-refractivity contribution in [3.8, 4) is 16.9 Å². The molecule has 0 bridgehead atoms. The van der Waals surface area contributed by atoms with Crippen molar-refractivity contribution in [1.82, 2.24) is 4.57 Å². The number of allylic oxidation sites excluding steroid dienone is 7. The molecular weight excluding hydrogens is 759 g/mol. The van der Waals surface area contributed by atoms with E-state index in [1.165, 1.54) is 38.6 Å². The summed E-state index contributed by atoms with van der Waals surface area (Å²) in [5.74, 6) is 1.49. The zero-order chi connectivity index (χ0) is 42.3. The summed E-state index contributed by atoms with van der Waals surface area (Å²) in [7, 11) is 2.12. The number of hydrogen-bond donors (Lipinski definition) is 1. The molecule has 304 valence electrons.